The number of aliphatic hydroxyl groups excluding tert-OH is 2. The monoisotopic (exact) mass is 719 g/mol. The first-order valence-electron chi connectivity index (χ1n) is 19.2. The Morgan fingerprint density at radius 2 is 1.85 bits per heavy atom. The molecule has 4 N–H and O–H groups in total. The molecule has 0 aromatic carbocycles. The number of aliphatic hydroxyl groups is 2. The largest absolute Gasteiger partial charge is 0.458 e. The van der Waals surface area contributed by atoms with Crippen molar-refractivity contribution in [2.75, 3.05) is 50.7 Å². The van der Waals surface area contributed by atoms with Crippen LogP contribution in [0.1, 0.15) is 72.6 Å². The second-order valence-electron chi connectivity index (χ2n) is 17.1. The minimum absolute atomic E-state index is 0.0559. The molecule has 2 aliphatic heterocycles. The quantitative estimate of drug-likeness (QED) is 0.271. The lowest BCUT2D eigenvalue weighted by Gasteiger charge is -2.64. The Bertz CT molecular complexity index is 1730. The smallest absolute Gasteiger partial charge is 0.320 e. The third-order valence-corrected chi connectivity index (χ3v) is 14.4. The summed E-state index contributed by atoms with van der Waals surface area (Å²) in [5.41, 5.74) is 4.50. The second kappa shape index (κ2) is 13.5. The summed E-state index contributed by atoms with van der Waals surface area (Å²) < 4.78 is 8.41. The molecule has 2 saturated heterocycles. The first-order chi connectivity index (χ1) is 24.7. The third kappa shape index (κ3) is 5.86. The van der Waals surface area contributed by atoms with Crippen molar-refractivity contribution < 1.29 is 29.3 Å². The molecule has 3 aliphatic carbocycles. The SMILES string of the molecule is C=CC1(C)CC(O)C2(C)C3C(=O)CCC3(CCC2(C)OC(=O)CN2CCN(C(=O)CCn3cnc4c(N5CCC(N)C5)nccc43)CC2)C(C)C1O. The van der Waals surface area contributed by atoms with Gasteiger partial charge in [-0.3, -0.25) is 19.3 Å². The van der Waals surface area contributed by atoms with Crippen LogP contribution < -0.4 is 10.6 Å². The van der Waals surface area contributed by atoms with Gasteiger partial charge >= 0.3 is 5.97 Å². The number of carbonyl (C=O) groups excluding carboxylic acids is 3. The summed E-state index contributed by atoms with van der Waals surface area (Å²) in [5.74, 6) is -0.142. The molecule has 5 aliphatic rings. The summed E-state index contributed by atoms with van der Waals surface area (Å²) in [4.78, 5) is 56.0. The average molecular weight is 720 g/mol. The van der Waals surface area contributed by atoms with Crippen LogP contribution in [0.2, 0.25) is 0 Å². The number of amides is 1. The number of piperazine rings is 1. The molecule has 9 atom stereocenters. The zero-order chi connectivity index (χ0) is 37.2. The number of ether oxygens (including phenoxy) is 1. The van der Waals surface area contributed by atoms with Crippen molar-refractivity contribution in [2.45, 2.75) is 103 Å². The lowest BCUT2D eigenvalue weighted by atomic mass is 9.42. The summed E-state index contributed by atoms with van der Waals surface area (Å²) in [6.07, 6.45) is 7.18. The molecule has 2 aromatic heterocycles. The number of aryl methyl sites for hydroxylation is 1. The lowest BCUT2D eigenvalue weighted by molar-refractivity contribution is -0.252. The topological polar surface area (TPSA) is 167 Å². The fourth-order valence-electron chi connectivity index (χ4n) is 10.8. The van der Waals surface area contributed by atoms with Gasteiger partial charge in [0.15, 0.2) is 5.82 Å². The lowest BCUT2D eigenvalue weighted by Crippen LogP contribution is -2.69. The van der Waals surface area contributed by atoms with E-state index in [1.54, 1.807) is 18.6 Å². The molecule has 1 amide bonds. The van der Waals surface area contributed by atoms with E-state index >= 15 is 0 Å². The Morgan fingerprint density at radius 1 is 1.10 bits per heavy atom. The summed E-state index contributed by atoms with van der Waals surface area (Å²) in [7, 11) is 0. The highest BCUT2D eigenvalue weighted by Gasteiger charge is 2.72. The Labute approximate surface area is 306 Å². The molecule has 0 spiro atoms. The minimum atomic E-state index is -1.09. The van der Waals surface area contributed by atoms with Crippen LogP contribution in [0.25, 0.3) is 11.0 Å². The highest BCUT2D eigenvalue weighted by atomic mass is 16.6. The molecular weight excluding hydrogens is 662 g/mol. The molecule has 13 heteroatoms. The van der Waals surface area contributed by atoms with E-state index in [4.69, 9.17) is 10.5 Å². The standard InChI is InChI=1S/C39H57N7O6/c1-6-36(3)21-29(48)38(5)33-28(47)7-11-39(33,25(2)34(36)51)13-12-37(38,4)52-31(50)23-43-17-19-44(20-18-43)30(49)10-16-46-24-42-32-27(46)8-14-41-35(32)45-15-9-26(40)22-45/h6,8,14,24-26,29,33-34,48,51H,1,7,9-13,15-23,40H2,2-5H3. The summed E-state index contributed by atoms with van der Waals surface area (Å²) in [5, 5.41) is 23.6. The van der Waals surface area contributed by atoms with E-state index in [2.05, 4.69) is 21.4 Å². The van der Waals surface area contributed by atoms with Crippen LogP contribution in [-0.4, -0.2) is 122 Å². The van der Waals surface area contributed by atoms with Crippen LogP contribution in [0.15, 0.2) is 31.2 Å². The van der Waals surface area contributed by atoms with Crippen LogP contribution in [0, 0.1) is 28.1 Å². The van der Waals surface area contributed by atoms with Crippen molar-refractivity contribution >= 4 is 34.5 Å². The van der Waals surface area contributed by atoms with Gasteiger partial charge in [0, 0.05) is 87.6 Å². The fourth-order valence-corrected chi connectivity index (χ4v) is 10.8. The molecule has 2 bridgehead atoms. The van der Waals surface area contributed by atoms with E-state index in [0.29, 0.717) is 64.8 Å². The predicted octanol–water partition coefficient (Wildman–Crippen LogP) is 2.52. The Hall–Kier alpha value is -3.39. The minimum Gasteiger partial charge on any atom is -0.458 e. The molecule has 52 heavy (non-hydrogen) atoms. The van der Waals surface area contributed by atoms with Crippen LogP contribution in [0.3, 0.4) is 0 Å². The molecular formula is C39H57N7O6. The number of esters is 1. The van der Waals surface area contributed by atoms with Crippen LogP contribution in [-0.2, 0) is 25.7 Å². The number of anilines is 1. The van der Waals surface area contributed by atoms with Crippen molar-refractivity contribution in [2.24, 2.45) is 33.8 Å². The number of imidazole rings is 1. The van der Waals surface area contributed by atoms with Gasteiger partial charge in [-0.2, -0.15) is 0 Å². The van der Waals surface area contributed by atoms with Crippen molar-refractivity contribution in [1.82, 2.24) is 24.3 Å². The maximum absolute atomic E-state index is 13.7. The highest BCUT2D eigenvalue weighted by molar-refractivity contribution is 5.87. The van der Waals surface area contributed by atoms with E-state index in [0.717, 1.165) is 36.4 Å². The molecule has 7 rings (SSSR count). The van der Waals surface area contributed by atoms with E-state index in [1.807, 2.05) is 48.1 Å². The number of aromatic nitrogens is 3. The first-order valence-corrected chi connectivity index (χ1v) is 19.2. The van der Waals surface area contributed by atoms with Gasteiger partial charge in [0.25, 0.3) is 0 Å². The number of pyridine rings is 1. The highest BCUT2D eigenvalue weighted by Crippen LogP contribution is 2.69. The van der Waals surface area contributed by atoms with Crippen LogP contribution >= 0.6 is 0 Å². The normalized spacial score (nSPS) is 38.2. The first kappa shape index (κ1) is 36.9. The van der Waals surface area contributed by atoms with Gasteiger partial charge in [0.2, 0.25) is 5.91 Å². The molecule has 5 fully saturated rings. The summed E-state index contributed by atoms with van der Waals surface area (Å²) >= 11 is 0. The number of nitrogens with two attached hydrogens (primary N) is 1. The molecule has 3 saturated carbocycles. The van der Waals surface area contributed by atoms with Crippen LogP contribution in [0.5, 0.6) is 0 Å². The van der Waals surface area contributed by atoms with Gasteiger partial charge < -0.3 is 35.1 Å². The Balaban J connectivity index is 0.967. The molecule has 13 nitrogen and oxygen atoms in total. The zero-order valence-corrected chi connectivity index (χ0v) is 31.3. The van der Waals surface area contributed by atoms with Crippen molar-refractivity contribution in [3.8, 4) is 0 Å². The molecule has 2 aromatic rings. The number of fused-ring (bicyclic) bond motifs is 1. The Kier molecular flexibility index (Phi) is 9.57. The number of Topliss-reactive ketones (excluding diaryl/α,β-unsaturated/α-hetero) is 1. The van der Waals surface area contributed by atoms with Gasteiger partial charge in [-0.25, -0.2) is 9.97 Å². The van der Waals surface area contributed by atoms with Crippen molar-refractivity contribution in [3.63, 3.8) is 0 Å². The van der Waals surface area contributed by atoms with E-state index < -0.39 is 45.9 Å². The fraction of sp³-hybridized carbons (Fsp3) is 0.718. The number of nitrogens with zero attached hydrogens (tertiary/aromatic N) is 6. The average Bonchev–Trinajstić information content (AvgIpc) is 3.85. The molecule has 4 heterocycles. The van der Waals surface area contributed by atoms with E-state index in [1.165, 1.54) is 0 Å². The van der Waals surface area contributed by atoms with Gasteiger partial charge in [0.1, 0.15) is 16.9 Å². The maximum atomic E-state index is 13.7. The predicted molar refractivity (Wildman–Crippen MR) is 196 cm³/mol. The van der Waals surface area contributed by atoms with Gasteiger partial charge in [-0.05, 0) is 56.4 Å². The molecule has 0 radical (unpaired) electrons. The van der Waals surface area contributed by atoms with E-state index in [-0.39, 0.29) is 36.6 Å². The maximum Gasteiger partial charge on any atom is 0.320 e. The van der Waals surface area contributed by atoms with Crippen molar-refractivity contribution in [1.29, 1.82) is 0 Å². The third-order valence-electron chi connectivity index (χ3n) is 14.4. The number of hydrogen-bond acceptors (Lipinski definition) is 11. The second-order valence-corrected chi connectivity index (χ2v) is 17.1. The summed E-state index contributed by atoms with van der Waals surface area (Å²) in [6.45, 7) is 16.0. The number of hydrogen-bond donors (Lipinski definition) is 3. The summed E-state index contributed by atoms with van der Waals surface area (Å²) in [6, 6.07) is 2.07. The molecule has 284 valence electrons. The van der Waals surface area contributed by atoms with Crippen molar-refractivity contribution in [3.05, 3.63) is 31.2 Å². The number of rotatable bonds is 8. The van der Waals surface area contributed by atoms with Crippen LogP contribution in [0.4, 0.5) is 5.82 Å². The van der Waals surface area contributed by atoms with Gasteiger partial charge in [0.05, 0.1) is 30.6 Å². The van der Waals surface area contributed by atoms with Gasteiger partial charge in [-0.1, -0.05) is 26.8 Å². The van der Waals surface area contributed by atoms with E-state index in [9.17, 15) is 24.6 Å². The number of carbonyl (C=O) groups is 3. The number of ketones is 1. The van der Waals surface area contributed by atoms with Gasteiger partial charge in [-0.15, -0.1) is 6.58 Å². The Morgan fingerprint density at radius 3 is 2.54 bits per heavy atom. The zero-order valence-electron chi connectivity index (χ0n) is 31.3. The molecule has 9 unspecified atom stereocenters.